The molecular formula is C25H25N3O6. The first kappa shape index (κ1) is 17.7. The number of nitrogens with one attached hydrogen (secondary N) is 1. The Bertz CT molecular complexity index is 1320. The first-order chi connectivity index (χ1) is 18.2. The Morgan fingerprint density at radius 3 is 2.74 bits per heavy atom. The third kappa shape index (κ3) is 4.38. The first-order valence-electron chi connectivity index (χ1n) is 13.1. The van der Waals surface area contributed by atoms with E-state index < -0.39 is 25.1 Å². The van der Waals surface area contributed by atoms with Crippen LogP contribution < -0.4 is 10.1 Å². The molecule has 9 heteroatoms. The van der Waals surface area contributed by atoms with Gasteiger partial charge in [0.2, 0.25) is 17.7 Å². The summed E-state index contributed by atoms with van der Waals surface area (Å²) in [5.74, 6) is -1.43. The van der Waals surface area contributed by atoms with Crippen molar-refractivity contribution in [3.8, 4) is 5.75 Å². The number of imide groups is 1. The predicted molar refractivity (Wildman–Crippen MR) is 119 cm³/mol. The highest BCUT2D eigenvalue weighted by Crippen LogP contribution is 2.34. The summed E-state index contributed by atoms with van der Waals surface area (Å²) < 4.78 is 44.8. The third-order valence-electron chi connectivity index (χ3n) is 5.96. The second-order valence-corrected chi connectivity index (χ2v) is 8.18. The number of carbonyl (C=O) groups is 4. The van der Waals surface area contributed by atoms with Gasteiger partial charge < -0.3 is 19.3 Å². The smallest absolute Gasteiger partial charge is 0.255 e. The molecule has 0 aromatic heterocycles. The van der Waals surface area contributed by atoms with Gasteiger partial charge in [0.15, 0.2) is 0 Å². The van der Waals surface area contributed by atoms with E-state index in [1.165, 1.54) is 21.9 Å². The van der Waals surface area contributed by atoms with Gasteiger partial charge in [0, 0.05) is 30.6 Å². The fraction of sp³-hybridized carbons (Fsp3) is 0.360. The number of hydrogen-bond acceptors (Lipinski definition) is 6. The molecule has 2 saturated heterocycles. The minimum absolute atomic E-state index is 0.0294. The normalized spacial score (nSPS) is 23.9. The average molecular weight is 468 g/mol. The van der Waals surface area contributed by atoms with Gasteiger partial charge in [-0.25, -0.2) is 0 Å². The monoisotopic (exact) mass is 467 g/mol. The van der Waals surface area contributed by atoms with Gasteiger partial charge in [0.05, 0.1) is 18.6 Å². The van der Waals surface area contributed by atoms with Crippen LogP contribution in [0, 0.1) is 0 Å². The Hall–Kier alpha value is -3.72. The van der Waals surface area contributed by atoms with Crippen LogP contribution in [0.2, 0.25) is 0 Å². The number of hydrogen-bond donors (Lipinski definition) is 1. The number of morpholine rings is 1. The molecule has 3 unspecified atom stereocenters. The van der Waals surface area contributed by atoms with Crippen molar-refractivity contribution in [3.05, 3.63) is 64.7 Å². The largest absolute Gasteiger partial charge is 0.489 e. The number of amides is 4. The zero-order valence-electron chi connectivity index (χ0n) is 22.2. The fourth-order valence-corrected chi connectivity index (χ4v) is 4.18. The van der Waals surface area contributed by atoms with E-state index in [1.54, 1.807) is 18.2 Å². The van der Waals surface area contributed by atoms with E-state index in [0.717, 1.165) is 0 Å². The molecule has 4 amide bonds. The second-order valence-electron chi connectivity index (χ2n) is 8.18. The van der Waals surface area contributed by atoms with Crippen molar-refractivity contribution in [2.24, 2.45) is 0 Å². The van der Waals surface area contributed by atoms with Crippen LogP contribution in [0.5, 0.6) is 5.75 Å². The Labute approximate surface area is 202 Å². The number of nitrogens with zero attached hydrogens (tertiary/aromatic N) is 2. The molecule has 9 nitrogen and oxygen atoms in total. The molecular weight excluding hydrogens is 438 g/mol. The zero-order chi connectivity index (χ0) is 27.1. The minimum atomic E-state index is -1.48. The quantitative estimate of drug-likeness (QED) is 0.644. The van der Waals surface area contributed by atoms with E-state index in [-0.39, 0.29) is 79.2 Å². The Kier molecular flexibility index (Phi) is 4.83. The molecule has 3 aliphatic heterocycles. The van der Waals surface area contributed by atoms with Crippen molar-refractivity contribution in [2.75, 3.05) is 19.8 Å². The van der Waals surface area contributed by atoms with Gasteiger partial charge in [0.1, 0.15) is 25.0 Å². The summed E-state index contributed by atoms with van der Waals surface area (Å²) in [4.78, 5) is 51.7. The topological polar surface area (TPSA) is 105 Å². The van der Waals surface area contributed by atoms with Crippen LogP contribution >= 0.6 is 0 Å². The van der Waals surface area contributed by atoms with E-state index in [4.69, 9.17) is 15.0 Å². The third-order valence-corrected chi connectivity index (χ3v) is 5.96. The van der Waals surface area contributed by atoms with Crippen molar-refractivity contribution in [2.45, 2.75) is 38.5 Å². The maximum Gasteiger partial charge on any atom is 0.255 e. The van der Waals surface area contributed by atoms with Gasteiger partial charge in [-0.1, -0.05) is 30.3 Å². The molecule has 0 bridgehead atoms. The van der Waals surface area contributed by atoms with Crippen molar-refractivity contribution < 1.29 is 34.1 Å². The molecule has 3 aliphatic rings. The lowest BCUT2D eigenvalue weighted by Crippen LogP contribution is -2.52. The number of benzene rings is 2. The number of fused-ring (bicyclic) bond motifs is 1. The van der Waals surface area contributed by atoms with Crippen LogP contribution in [0.3, 0.4) is 0 Å². The Morgan fingerprint density at radius 2 is 1.97 bits per heavy atom. The number of carbonyl (C=O) groups excluding carboxylic acids is 4. The second kappa shape index (κ2) is 9.26. The van der Waals surface area contributed by atoms with Crippen LogP contribution in [0.4, 0.5) is 0 Å². The molecule has 176 valence electrons. The van der Waals surface area contributed by atoms with Crippen molar-refractivity contribution in [1.29, 1.82) is 0 Å². The predicted octanol–water partition coefficient (Wildman–Crippen LogP) is 1.39. The van der Waals surface area contributed by atoms with Gasteiger partial charge in [-0.2, -0.15) is 0 Å². The molecule has 1 N–H and O–H groups in total. The molecule has 0 radical (unpaired) electrons. The lowest BCUT2D eigenvalue weighted by atomic mass is 10.0. The highest BCUT2D eigenvalue weighted by molar-refractivity contribution is 6.05. The van der Waals surface area contributed by atoms with Crippen LogP contribution in [0.25, 0.3) is 0 Å². The van der Waals surface area contributed by atoms with Crippen LogP contribution in [0.15, 0.2) is 42.4 Å². The van der Waals surface area contributed by atoms with E-state index in [1.807, 2.05) is 0 Å². The molecule has 2 aromatic rings. The summed E-state index contributed by atoms with van der Waals surface area (Å²) in [6.07, 6.45) is 0.341. The van der Waals surface area contributed by atoms with Gasteiger partial charge in [0.25, 0.3) is 5.91 Å². The first-order valence-corrected chi connectivity index (χ1v) is 10.9. The highest BCUT2D eigenvalue weighted by atomic mass is 16.5. The van der Waals surface area contributed by atoms with Gasteiger partial charge in [-0.3, -0.25) is 24.5 Å². The molecule has 34 heavy (non-hydrogen) atoms. The Morgan fingerprint density at radius 1 is 1.15 bits per heavy atom. The van der Waals surface area contributed by atoms with Crippen LogP contribution in [0.1, 0.15) is 45.4 Å². The summed E-state index contributed by atoms with van der Waals surface area (Å²) >= 11 is 0. The summed E-state index contributed by atoms with van der Waals surface area (Å²) in [6.45, 7) is -2.13. The molecule has 3 heterocycles. The van der Waals surface area contributed by atoms with Crippen LogP contribution in [-0.2, 0) is 38.8 Å². The maximum absolute atomic E-state index is 13.0. The maximum atomic E-state index is 13.0. The summed E-state index contributed by atoms with van der Waals surface area (Å²) in [6, 6.07) is 6.30. The molecule has 0 aliphatic carbocycles. The molecule has 0 spiro atoms. The van der Waals surface area contributed by atoms with E-state index in [0.29, 0.717) is 17.7 Å². The summed E-state index contributed by atoms with van der Waals surface area (Å²) in [7, 11) is 0. The van der Waals surface area contributed by atoms with E-state index in [2.05, 4.69) is 5.32 Å². The fourth-order valence-electron chi connectivity index (χ4n) is 4.18. The Balaban J connectivity index is 1.36. The number of ether oxygens (including phenoxy) is 2. The van der Waals surface area contributed by atoms with Gasteiger partial charge in [-0.05, 0) is 29.7 Å². The molecule has 2 aromatic carbocycles. The molecule has 0 saturated carbocycles. The molecule has 2 fully saturated rings. The standard InChI is InChI=1S/C25H25N3O6/c29-22-9-8-20(24(31)26-22)28-13-19-18(25(28)32)2-1-3-21(19)34-14-17-6-4-16(5-7-17)12-27-10-11-33-15-23(27)30/h1-7,20H,8-15H2,(H,26,29,31)/i6D,7D,12D,14D. The van der Waals surface area contributed by atoms with Crippen molar-refractivity contribution in [3.63, 3.8) is 0 Å². The number of rotatable bonds is 6. The number of piperidine rings is 1. The van der Waals surface area contributed by atoms with E-state index in [9.17, 15) is 19.2 Å². The SMILES string of the molecule is [2H]c1cc(C([2H])N2CCOCC2=O)cc([2H])c1C([2H])Oc1cccc2c1CN(C1CCC(=O)NC1=O)C2=O. The zero-order valence-corrected chi connectivity index (χ0v) is 18.2. The van der Waals surface area contributed by atoms with Crippen LogP contribution in [-0.4, -0.2) is 59.2 Å². The minimum Gasteiger partial charge on any atom is -0.489 e. The molecule has 3 atom stereocenters. The van der Waals surface area contributed by atoms with Gasteiger partial charge in [-0.15, -0.1) is 0 Å². The average Bonchev–Trinajstić information content (AvgIpc) is 3.20. The summed E-state index contributed by atoms with van der Waals surface area (Å²) in [5.41, 5.74) is 1.04. The summed E-state index contributed by atoms with van der Waals surface area (Å²) in [5, 5.41) is 2.25. The van der Waals surface area contributed by atoms with Gasteiger partial charge >= 0.3 is 0 Å². The van der Waals surface area contributed by atoms with E-state index >= 15 is 0 Å². The van der Waals surface area contributed by atoms with Crippen molar-refractivity contribution >= 4 is 23.6 Å². The lowest BCUT2D eigenvalue weighted by Gasteiger charge is -2.29. The lowest BCUT2D eigenvalue weighted by molar-refractivity contribution is -0.143. The van der Waals surface area contributed by atoms with Crippen molar-refractivity contribution in [1.82, 2.24) is 15.1 Å². The highest BCUT2D eigenvalue weighted by Gasteiger charge is 2.40. The molecule has 5 rings (SSSR count).